The van der Waals surface area contributed by atoms with Crippen molar-refractivity contribution in [3.63, 3.8) is 0 Å². The van der Waals surface area contributed by atoms with Crippen LogP contribution in [0.25, 0.3) is 10.2 Å². The van der Waals surface area contributed by atoms with Crippen LogP contribution in [-0.4, -0.2) is 26.9 Å². The highest BCUT2D eigenvalue weighted by atomic mass is 32.2. The van der Waals surface area contributed by atoms with Crippen molar-refractivity contribution in [2.75, 3.05) is 5.32 Å². The molecule has 1 amide bonds. The quantitative estimate of drug-likeness (QED) is 0.368. The average Bonchev–Trinajstić information content (AvgIpc) is 3.08. The number of thioether (sulfide) groups is 1. The number of rotatable bonds is 5. The number of nitrogens with zero attached hydrogens (tertiary/aromatic N) is 2. The third-order valence-corrected chi connectivity index (χ3v) is 7.23. The van der Waals surface area contributed by atoms with Crippen molar-refractivity contribution in [2.45, 2.75) is 49.8 Å². The van der Waals surface area contributed by atoms with Crippen molar-refractivity contribution >= 4 is 50.7 Å². The Hall–Kier alpha value is -2.25. The number of nitrogens with one attached hydrogen (secondary N) is 1. The second-order valence-corrected chi connectivity index (χ2v) is 9.37. The minimum Gasteiger partial charge on any atom is -0.325 e. The van der Waals surface area contributed by atoms with E-state index in [2.05, 4.69) is 15.3 Å². The zero-order chi connectivity index (χ0) is 19.7. The number of benzene rings is 1. The van der Waals surface area contributed by atoms with Gasteiger partial charge in [-0.25, -0.2) is 9.97 Å². The topological polar surface area (TPSA) is 72.0 Å². The molecule has 0 saturated carbocycles. The monoisotopic (exact) mass is 411 g/mol. The van der Waals surface area contributed by atoms with E-state index in [1.54, 1.807) is 41.9 Å². The number of carbonyl (C=O) groups is 2. The first-order valence-corrected chi connectivity index (χ1v) is 11.1. The number of anilines is 1. The Bertz CT molecular complexity index is 1040. The summed E-state index contributed by atoms with van der Waals surface area (Å²) >= 11 is 3.24. The van der Waals surface area contributed by atoms with Crippen molar-refractivity contribution in [3.8, 4) is 0 Å². The Labute approximate surface area is 172 Å². The van der Waals surface area contributed by atoms with Crippen LogP contribution in [0.4, 0.5) is 5.69 Å². The summed E-state index contributed by atoms with van der Waals surface area (Å²) in [6.45, 7) is 3.41. The molecule has 1 unspecified atom stereocenters. The van der Waals surface area contributed by atoms with E-state index in [0.717, 1.165) is 28.1 Å². The van der Waals surface area contributed by atoms with Gasteiger partial charge in [0.2, 0.25) is 5.91 Å². The van der Waals surface area contributed by atoms with Gasteiger partial charge in [-0.2, -0.15) is 0 Å². The summed E-state index contributed by atoms with van der Waals surface area (Å²) in [6.07, 6.45) is 6.21. The fourth-order valence-corrected chi connectivity index (χ4v) is 5.64. The lowest BCUT2D eigenvalue weighted by atomic mass is 9.97. The normalized spacial score (nSPS) is 14.5. The molecule has 2 aromatic heterocycles. The molecule has 0 spiro atoms. The third kappa shape index (κ3) is 3.82. The molecule has 3 aromatic rings. The van der Waals surface area contributed by atoms with Gasteiger partial charge in [-0.3, -0.25) is 9.59 Å². The van der Waals surface area contributed by atoms with E-state index in [9.17, 15) is 9.59 Å². The largest absolute Gasteiger partial charge is 0.325 e. The number of amides is 1. The lowest BCUT2D eigenvalue weighted by Crippen LogP contribution is -2.22. The first-order valence-electron chi connectivity index (χ1n) is 9.36. The van der Waals surface area contributed by atoms with E-state index < -0.39 is 0 Å². The fraction of sp³-hybridized carbons (Fsp3) is 0.333. The highest BCUT2D eigenvalue weighted by molar-refractivity contribution is 8.00. The van der Waals surface area contributed by atoms with Crippen molar-refractivity contribution in [3.05, 3.63) is 46.6 Å². The highest BCUT2D eigenvalue weighted by Crippen LogP contribution is 2.40. The Balaban J connectivity index is 1.51. The molecular formula is C21H21N3O2S2. The highest BCUT2D eigenvalue weighted by Gasteiger charge is 2.23. The van der Waals surface area contributed by atoms with Gasteiger partial charge in [-0.1, -0.05) is 11.8 Å². The number of carbonyl (C=O) groups excluding carboxylic acids is 2. The molecule has 4 rings (SSSR count). The van der Waals surface area contributed by atoms with Crippen LogP contribution < -0.4 is 5.32 Å². The number of hydrogen-bond acceptors (Lipinski definition) is 6. The minimum absolute atomic E-state index is 0.00803. The molecule has 1 N–H and O–H groups in total. The smallest absolute Gasteiger partial charge is 0.237 e. The summed E-state index contributed by atoms with van der Waals surface area (Å²) in [7, 11) is 0. The molecule has 0 radical (unpaired) electrons. The fourth-order valence-electron chi connectivity index (χ4n) is 3.40. The van der Waals surface area contributed by atoms with Crippen LogP contribution in [0, 0.1) is 0 Å². The molecule has 7 heteroatoms. The molecule has 28 heavy (non-hydrogen) atoms. The number of ketones is 1. The van der Waals surface area contributed by atoms with Crippen LogP contribution in [-0.2, 0) is 17.6 Å². The summed E-state index contributed by atoms with van der Waals surface area (Å²) in [4.78, 5) is 35.4. The molecule has 1 aliphatic rings. The van der Waals surface area contributed by atoms with Crippen LogP contribution in [0.15, 0.2) is 35.6 Å². The molecule has 1 atom stereocenters. The third-order valence-electron chi connectivity index (χ3n) is 4.93. The van der Waals surface area contributed by atoms with E-state index >= 15 is 0 Å². The molecular weight excluding hydrogens is 390 g/mol. The van der Waals surface area contributed by atoms with Crippen LogP contribution >= 0.6 is 23.1 Å². The Kier molecular flexibility index (Phi) is 5.46. The lowest BCUT2D eigenvalue weighted by Gasteiger charge is -2.14. The number of thiophene rings is 1. The first kappa shape index (κ1) is 19.1. The summed E-state index contributed by atoms with van der Waals surface area (Å²) < 4.78 is 0. The standard InChI is InChI=1S/C21H21N3O2S2/c1-12(25)14-7-9-15(10-8-14)24-19(26)13(2)27-20-18-16-5-3-4-6-17(16)28-21(18)23-11-22-20/h7-11,13H,3-6H2,1-2H3,(H,24,26). The Morgan fingerprint density at radius 2 is 1.89 bits per heavy atom. The van der Waals surface area contributed by atoms with Gasteiger partial charge in [0, 0.05) is 21.5 Å². The van der Waals surface area contributed by atoms with Crippen molar-refractivity contribution < 1.29 is 9.59 Å². The van der Waals surface area contributed by atoms with Crippen molar-refractivity contribution in [2.24, 2.45) is 0 Å². The molecule has 0 fully saturated rings. The number of aryl methyl sites for hydroxylation is 2. The second-order valence-electron chi connectivity index (χ2n) is 6.95. The maximum atomic E-state index is 12.7. The second kappa shape index (κ2) is 8.01. The molecule has 5 nitrogen and oxygen atoms in total. The molecule has 0 aliphatic heterocycles. The minimum atomic E-state index is -0.301. The Morgan fingerprint density at radius 1 is 1.14 bits per heavy atom. The van der Waals surface area contributed by atoms with Gasteiger partial charge in [0.25, 0.3) is 0 Å². The van der Waals surface area contributed by atoms with Gasteiger partial charge >= 0.3 is 0 Å². The summed E-state index contributed by atoms with van der Waals surface area (Å²) in [6, 6.07) is 6.96. The van der Waals surface area contributed by atoms with Gasteiger partial charge in [-0.15, -0.1) is 11.3 Å². The number of Topliss-reactive ketones (excluding diaryl/α,β-unsaturated/α-hetero) is 1. The maximum absolute atomic E-state index is 12.7. The van der Waals surface area contributed by atoms with Crippen molar-refractivity contribution in [1.82, 2.24) is 9.97 Å². The number of aromatic nitrogens is 2. The number of fused-ring (bicyclic) bond motifs is 3. The van der Waals surface area contributed by atoms with Crippen LogP contribution in [0.2, 0.25) is 0 Å². The van der Waals surface area contributed by atoms with Gasteiger partial charge in [0.05, 0.1) is 5.25 Å². The summed E-state index contributed by atoms with van der Waals surface area (Å²) in [5, 5.41) is 4.64. The Morgan fingerprint density at radius 3 is 2.64 bits per heavy atom. The van der Waals surface area contributed by atoms with Crippen LogP contribution in [0.1, 0.15) is 47.5 Å². The zero-order valence-corrected chi connectivity index (χ0v) is 17.5. The van der Waals surface area contributed by atoms with Crippen LogP contribution in [0.3, 0.4) is 0 Å². The average molecular weight is 412 g/mol. The summed E-state index contributed by atoms with van der Waals surface area (Å²) in [5.41, 5.74) is 2.69. The van der Waals surface area contributed by atoms with E-state index in [0.29, 0.717) is 11.3 Å². The van der Waals surface area contributed by atoms with Gasteiger partial charge < -0.3 is 5.32 Å². The molecule has 0 bridgehead atoms. The molecule has 144 valence electrons. The first-order chi connectivity index (χ1) is 13.5. The lowest BCUT2D eigenvalue weighted by molar-refractivity contribution is -0.115. The van der Waals surface area contributed by atoms with E-state index in [-0.39, 0.29) is 16.9 Å². The number of hydrogen-bond donors (Lipinski definition) is 1. The molecule has 2 heterocycles. The predicted molar refractivity (Wildman–Crippen MR) is 114 cm³/mol. The SMILES string of the molecule is CC(=O)c1ccc(NC(=O)C(C)Sc2ncnc3sc4c(c23)CCCC4)cc1. The molecule has 1 aromatic carbocycles. The summed E-state index contributed by atoms with van der Waals surface area (Å²) in [5.74, 6) is -0.0786. The van der Waals surface area contributed by atoms with E-state index in [1.807, 2.05) is 6.92 Å². The van der Waals surface area contributed by atoms with E-state index in [1.165, 1.54) is 42.0 Å². The zero-order valence-electron chi connectivity index (χ0n) is 15.8. The maximum Gasteiger partial charge on any atom is 0.237 e. The van der Waals surface area contributed by atoms with Gasteiger partial charge in [0.15, 0.2) is 5.78 Å². The van der Waals surface area contributed by atoms with Crippen LogP contribution in [0.5, 0.6) is 0 Å². The molecule has 0 saturated heterocycles. The van der Waals surface area contributed by atoms with E-state index in [4.69, 9.17) is 0 Å². The molecule has 1 aliphatic carbocycles. The van der Waals surface area contributed by atoms with Gasteiger partial charge in [0.1, 0.15) is 16.2 Å². The van der Waals surface area contributed by atoms with Crippen molar-refractivity contribution in [1.29, 1.82) is 0 Å². The predicted octanol–water partition coefficient (Wildman–Crippen LogP) is 4.89. The van der Waals surface area contributed by atoms with Gasteiger partial charge in [-0.05, 0) is 69.4 Å².